The van der Waals surface area contributed by atoms with Crippen LogP contribution in [0.3, 0.4) is 0 Å². The molecule has 0 amide bonds. The fourth-order valence-electron chi connectivity index (χ4n) is 1.31. The van der Waals surface area contributed by atoms with Crippen LogP contribution in [0.1, 0.15) is 11.4 Å². The van der Waals surface area contributed by atoms with Gasteiger partial charge in [-0.2, -0.15) is 0 Å². The predicted molar refractivity (Wildman–Crippen MR) is 65.0 cm³/mol. The van der Waals surface area contributed by atoms with Gasteiger partial charge in [0.2, 0.25) is 0 Å². The number of anilines is 2. The summed E-state index contributed by atoms with van der Waals surface area (Å²) in [7, 11) is 0. The molecule has 4 nitrogen and oxygen atoms in total. The van der Waals surface area contributed by atoms with Gasteiger partial charge in [0.05, 0.1) is 24.6 Å². The maximum Gasteiger partial charge on any atom is 0.147 e. The fraction of sp³-hybridized carbons (Fsp3) is 0.167. The molecule has 0 saturated carbocycles. The van der Waals surface area contributed by atoms with Gasteiger partial charge in [-0.25, -0.2) is 9.97 Å². The molecule has 1 aromatic carbocycles. The lowest BCUT2D eigenvalue weighted by Crippen LogP contribution is -2.04. The van der Waals surface area contributed by atoms with Crippen LogP contribution in [0.4, 0.5) is 11.4 Å². The number of nitrogen functional groups attached to an aromatic ring is 1. The van der Waals surface area contributed by atoms with Crippen molar-refractivity contribution in [3.05, 3.63) is 48.0 Å². The van der Waals surface area contributed by atoms with Crippen molar-refractivity contribution >= 4 is 11.4 Å². The van der Waals surface area contributed by atoms with E-state index in [1.54, 1.807) is 12.4 Å². The Balaban J connectivity index is 1.97. The van der Waals surface area contributed by atoms with Crippen molar-refractivity contribution in [2.75, 3.05) is 11.1 Å². The summed E-state index contributed by atoms with van der Waals surface area (Å²) in [5, 5.41) is 3.24. The summed E-state index contributed by atoms with van der Waals surface area (Å²) in [6.45, 7) is 2.66. The monoisotopic (exact) mass is 214 g/mol. The van der Waals surface area contributed by atoms with Crippen LogP contribution in [0.5, 0.6) is 0 Å². The number of hydrogen-bond acceptors (Lipinski definition) is 4. The highest BCUT2D eigenvalue weighted by atomic mass is 15.0. The predicted octanol–water partition coefficient (Wildman–Crippen LogP) is 1.98. The summed E-state index contributed by atoms with van der Waals surface area (Å²) in [4.78, 5) is 8.22. The van der Waals surface area contributed by atoms with Crippen LogP contribution < -0.4 is 11.1 Å². The number of nitrogens with two attached hydrogens (primary N) is 1. The minimum atomic E-state index is 0.582. The Morgan fingerprint density at radius 3 is 2.38 bits per heavy atom. The Hall–Kier alpha value is -2.10. The maximum atomic E-state index is 5.51. The number of benzene rings is 1. The molecule has 0 bridgehead atoms. The summed E-state index contributed by atoms with van der Waals surface area (Å²) in [5.41, 5.74) is 8.39. The lowest BCUT2D eigenvalue weighted by Gasteiger charge is -2.05. The molecule has 2 rings (SSSR count). The van der Waals surface area contributed by atoms with Crippen LogP contribution in [0.25, 0.3) is 0 Å². The molecule has 4 heteroatoms. The van der Waals surface area contributed by atoms with E-state index in [0.29, 0.717) is 12.2 Å². The SMILES string of the molecule is Cc1ccc(NCc2ncc(N)cn2)cc1. The van der Waals surface area contributed by atoms with Gasteiger partial charge in [0.15, 0.2) is 0 Å². The molecule has 0 unspecified atom stereocenters. The average Bonchev–Trinajstić information content (AvgIpc) is 2.30. The van der Waals surface area contributed by atoms with E-state index in [1.807, 2.05) is 12.1 Å². The van der Waals surface area contributed by atoms with Crippen molar-refractivity contribution in [1.29, 1.82) is 0 Å². The van der Waals surface area contributed by atoms with Crippen molar-refractivity contribution in [2.45, 2.75) is 13.5 Å². The molecular formula is C12H14N4. The van der Waals surface area contributed by atoms with Gasteiger partial charge in [-0.05, 0) is 19.1 Å². The largest absolute Gasteiger partial charge is 0.396 e. The van der Waals surface area contributed by atoms with Crippen molar-refractivity contribution in [3.8, 4) is 0 Å². The molecular weight excluding hydrogens is 200 g/mol. The molecule has 0 fully saturated rings. The summed E-state index contributed by atoms with van der Waals surface area (Å²) in [6, 6.07) is 8.19. The second kappa shape index (κ2) is 4.61. The Morgan fingerprint density at radius 1 is 1.12 bits per heavy atom. The van der Waals surface area contributed by atoms with E-state index in [0.717, 1.165) is 11.5 Å². The zero-order valence-corrected chi connectivity index (χ0v) is 9.14. The Labute approximate surface area is 94.5 Å². The second-order valence-corrected chi connectivity index (χ2v) is 3.65. The third kappa shape index (κ3) is 2.70. The quantitative estimate of drug-likeness (QED) is 0.820. The third-order valence-electron chi connectivity index (χ3n) is 2.23. The zero-order chi connectivity index (χ0) is 11.4. The molecule has 0 aliphatic carbocycles. The van der Waals surface area contributed by atoms with Crippen LogP contribution >= 0.6 is 0 Å². The first kappa shape index (κ1) is 10.4. The topological polar surface area (TPSA) is 63.8 Å². The summed E-state index contributed by atoms with van der Waals surface area (Å²) in [6.07, 6.45) is 3.22. The number of nitrogens with zero attached hydrogens (tertiary/aromatic N) is 2. The highest BCUT2D eigenvalue weighted by molar-refractivity contribution is 5.44. The standard InChI is InChI=1S/C12H14N4/c1-9-2-4-11(5-3-9)14-8-12-15-6-10(13)7-16-12/h2-7,14H,8,13H2,1H3. The number of aryl methyl sites for hydroxylation is 1. The maximum absolute atomic E-state index is 5.51. The summed E-state index contributed by atoms with van der Waals surface area (Å²) >= 11 is 0. The zero-order valence-electron chi connectivity index (χ0n) is 9.14. The first-order valence-electron chi connectivity index (χ1n) is 5.11. The average molecular weight is 214 g/mol. The molecule has 0 spiro atoms. The fourth-order valence-corrected chi connectivity index (χ4v) is 1.31. The lowest BCUT2D eigenvalue weighted by atomic mass is 10.2. The molecule has 0 saturated heterocycles. The molecule has 0 aliphatic rings. The van der Waals surface area contributed by atoms with Crippen LogP contribution in [0.2, 0.25) is 0 Å². The smallest absolute Gasteiger partial charge is 0.147 e. The van der Waals surface area contributed by atoms with Gasteiger partial charge in [0.1, 0.15) is 5.82 Å². The van der Waals surface area contributed by atoms with Gasteiger partial charge in [0, 0.05) is 5.69 Å². The minimum absolute atomic E-state index is 0.582. The van der Waals surface area contributed by atoms with E-state index in [2.05, 4.69) is 34.3 Å². The number of hydrogen-bond donors (Lipinski definition) is 2. The van der Waals surface area contributed by atoms with E-state index in [1.165, 1.54) is 5.56 Å². The van der Waals surface area contributed by atoms with Crippen LogP contribution in [-0.2, 0) is 6.54 Å². The number of nitrogens with one attached hydrogen (secondary N) is 1. The van der Waals surface area contributed by atoms with Crippen LogP contribution in [0.15, 0.2) is 36.7 Å². The molecule has 82 valence electrons. The van der Waals surface area contributed by atoms with E-state index in [9.17, 15) is 0 Å². The number of rotatable bonds is 3. The Kier molecular flexibility index (Phi) is 3.00. The molecule has 0 aliphatic heterocycles. The molecule has 16 heavy (non-hydrogen) atoms. The minimum Gasteiger partial charge on any atom is -0.396 e. The van der Waals surface area contributed by atoms with Gasteiger partial charge in [0.25, 0.3) is 0 Å². The first-order valence-corrected chi connectivity index (χ1v) is 5.11. The van der Waals surface area contributed by atoms with Crippen LogP contribution in [-0.4, -0.2) is 9.97 Å². The highest BCUT2D eigenvalue weighted by Crippen LogP contribution is 2.09. The molecule has 2 aromatic rings. The molecule has 3 N–H and O–H groups in total. The third-order valence-corrected chi connectivity index (χ3v) is 2.23. The molecule has 0 atom stereocenters. The first-order chi connectivity index (χ1) is 7.74. The van der Waals surface area contributed by atoms with Gasteiger partial charge < -0.3 is 11.1 Å². The van der Waals surface area contributed by atoms with Crippen molar-refractivity contribution in [1.82, 2.24) is 9.97 Å². The summed E-state index contributed by atoms with van der Waals surface area (Å²) in [5.74, 6) is 0.731. The van der Waals surface area contributed by atoms with Gasteiger partial charge >= 0.3 is 0 Å². The molecule has 1 aromatic heterocycles. The van der Waals surface area contributed by atoms with Crippen molar-refractivity contribution < 1.29 is 0 Å². The molecule has 1 heterocycles. The Morgan fingerprint density at radius 2 is 1.75 bits per heavy atom. The van der Waals surface area contributed by atoms with E-state index in [4.69, 9.17) is 5.73 Å². The van der Waals surface area contributed by atoms with Crippen LogP contribution in [0, 0.1) is 6.92 Å². The number of aromatic nitrogens is 2. The Bertz CT molecular complexity index is 402. The van der Waals surface area contributed by atoms with E-state index < -0.39 is 0 Å². The van der Waals surface area contributed by atoms with Gasteiger partial charge in [-0.15, -0.1) is 0 Å². The summed E-state index contributed by atoms with van der Waals surface area (Å²) < 4.78 is 0. The van der Waals surface area contributed by atoms with Gasteiger partial charge in [-0.3, -0.25) is 0 Å². The normalized spacial score (nSPS) is 10.1. The van der Waals surface area contributed by atoms with Gasteiger partial charge in [-0.1, -0.05) is 17.7 Å². The lowest BCUT2D eigenvalue weighted by molar-refractivity contribution is 0.951. The van der Waals surface area contributed by atoms with E-state index >= 15 is 0 Å². The van der Waals surface area contributed by atoms with Crippen molar-refractivity contribution in [2.24, 2.45) is 0 Å². The molecule has 0 radical (unpaired) electrons. The van der Waals surface area contributed by atoms with E-state index in [-0.39, 0.29) is 0 Å². The van der Waals surface area contributed by atoms with Crippen molar-refractivity contribution in [3.63, 3.8) is 0 Å². The highest BCUT2D eigenvalue weighted by Gasteiger charge is 1.96. The second-order valence-electron chi connectivity index (χ2n) is 3.65.